The standard InChI is InChI=1S/C14H26N2O3/c1-4-15(11(2)3)14(19)16-10-6-5-7-12(16)8-9-13(17)18/h11-12H,4-10H2,1-3H3,(H,17,18). The number of carbonyl (C=O) groups excluding carboxylic acids is 1. The van der Waals surface area contributed by atoms with E-state index in [0.29, 0.717) is 13.0 Å². The molecule has 0 bridgehead atoms. The van der Waals surface area contributed by atoms with Crippen LogP contribution in [0.5, 0.6) is 0 Å². The maximum absolute atomic E-state index is 12.5. The molecule has 1 rings (SSSR count). The van der Waals surface area contributed by atoms with Gasteiger partial charge in [-0.25, -0.2) is 4.79 Å². The first kappa shape index (κ1) is 15.8. The van der Waals surface area contributed by atoms with Gasteiger partial charge in [0.05, 0.1) is 0 Å². The molecule has 0 aromatic carbocycles. The second-order valence-electron chi connectivity index (χ2n) is 5.44. The first-order valence-electron chi connectivity index (χ1n) is 7.26. The van der Waals surface area contributed by atoms with Crippen molar-refractivity contribution < 1.29 is 14.7 Å². The highest BCUT2D eigenvalue weighted by atomic mass is 16.4. The molecule has 1 unspecified atom stereocenters. The predicted molar refractivity (Wildman–Crippen MR) is 74.1 cm³/mol. The fraction of sp³-hybridized carbons (Fsp3) is 0.857. The van der Waals surface area contributed by atoms with Crippen molar-refractivity contribution in [2.45, 2.75) is 65.0 Å². The highest BCUT2D eigenvalue weighted by Crippen LogP contribution is 2.23. The number of rotatable bonds is 5. The fourth-order valence-corrected chi connectivity index (χ4v) is 2.73. The molecule has 5 nitrogen and oxygen atoms in total. The Morgan fingerprint density at radius 2 is 2.05 bits per heavy atom. The average molecular weight is 270 g/mol. The summed E-state index contributed by atoms with van der Waals surface area (Å²) in [4.78, 5) is 27.0. The largest absolute Gasteiger partial charge is 0.481 e. The Morgan fingerprint density at radius 1 is 1.37 bits per heavy atom. The van der Waals surface area contributed by atoms with Gasteiger partial charge in [-0.1, -0.05) is 0 Å². The monoisotopic (exact) mass is 270 g/mol. The van der Waals surface area contributed by atoms with Gasteiger partial charge in [0.2, 0.25) is 0 Å². The lowest BCUT2D eigenvalue weighted by atomic mass is 9.98. The zero-order chi connectivity index (χ0) is 14.4. The van der Waals surface area contributed by atoms with Crippen molar-refractivity contribution in [3.63, 3.8) is 0 Å². The molecule has 1 fully saturated rings. The van der Waals surface area contributed by atoms with Crippen molar-refractivity contribution in [1.29, 1.82) is 0 Å². The van der Waals surface area contributed by atoms with E-state index in [2.05, 4.69) is 0 Å². The Labute approximate surface area is 115 Å². The number of carbonyl (C=O) groups is 2. The van der Waals surface area contributed by atoms with E-state index in [-0.39, 0.29) is 24.5 Å². The molecule has 0 aromatic rings. The number of piperidine rings is 1. The predicted octanol–water partition coefficient (Wildman–Crippen LogP) is 2.56. The maximum Gasteiger partial charge on any atom is 0.320 e. The Bertz CT molecular complexity index is 318. The van der Waals surface area contributed by atoms with Crippen molar-refractivity contribution in [2.24, 2.45) is 0 Å². The van der Waals surface area contributed by atoms with Crippen molar-refractivity contribution >= 4 is 12.0 Å². The van der Waals surface area contributed by atoms with Crippen LogP contribution in [0.25, 0.3) is 0 Å². The van der Waals surface area contributed by atoms with E-state index in [9.17, 15) is 9.59 Å². The lowest BCUT2D eigenvalue weighted by Crippen LogP contribution is -2.52. The van der Waals surface area contributed by atoms with Crippen LogP contribution in [-0.2, 0) is 4.79 Å². The minimum atomic E-state index is -0.783. The molecule has 1 N–H and O–H groups in total. The van der Waals surface area contributed by atoms with E-state index >= 15 is 0 Å². The van der Waals surface area contributed by atoms with E-state index in [4.69, 9.17) is 5.11 Å². The summed E-state index contributed by atoms with van der Waals surface area (Å²) >= 11 is 0. The first-order valence-corrected chi connectivity index (χ1v) is 7.26. The van der Waals surface area contributed by atoms with Crippen LogP contribution in [0.15, 0.2) is 0 Å². The summed E-state index contributed by atoms with van der Waals surface area (Å²) in [5, 5.41) is 8.80. The summed E-state index contributed by atoms with van der Waals surface area (Å²) < 4.78 is 0. The summed E-state index contributed by atoms with van der Waals surface area (Å²) in [7, 11) is 0. The minimum absolute atomic E-state index is 0.0626. The Kier molecular flexibility index (Phi) is 6.12. The van der Waals surface area contributed by atoms with Gasteiger partial charge in [-0.3, -0.25) is 4.79 Å². The number of nitrogens with zero attached hydrogens (tertiary/aromatic N) is 2. The van der Waals surface area contributed by atoms with Gasteiger partial charge in [-0.05, 0) is 46.5 Å². The molecule has 19 heavy (non-hydrogen) atoms. The maximum atomic E-state index is 12.5. The third-order valence-corrected chi connectivity index (χ3v) is 3.77. The molecule has 0 aromatic heterocycles. The van der Waals surface area contributed by atoms with Crippen LogP contribution in [-0.4, -0.2) is 52.1 Å². The van der Waals surface area contributed by atoms with Crippen LogP contribution in [0.3, 0.4) is 0 Å². The second kappa shape index (κ2) is 7.36. The third kappa shape index (κ3) is 4.40. The summed E-state index contributed by atoms with van der Waals surface area (Å²) in [6, 6.07) is 0.331. The highest BCUT2D eigenvalue weighted by Gasteiger charge is 2.30. The molecule has 2 amide bonds. The van der Waals surface area contributed by atoms with Crippen molar-refractivity contribution in [1.82, 2.24) is 9.80 Å². The van der Waals surface area contributed by atoms with Crippen LogP contribution in [0.2, 0.25) is 0 Å². The lowest BCUT2D eigenvalue weighted by molar-refractivity contribution is -0.137. The van der Waals surface area contributed by atoms with Gasteiger partial charge in [-0.15, -0.1) is 0 Å². The number of likely N-dealkylation sites (tertiary alicyclic amines) is 1. The molecule has 1 saturated heterocycles. The number of hydrogen-bond acceptors (Lipinski definition) is 2. The first-order chi connectivity index (χ1) is 8.97. The quantitative estimate of drug-likeness (QED) is 0.835. The van der Waals surface area contributed by atoms with E-state index < -0.39 is 5.97 Å². The molecule has 0 radical (unpaired) electrons. The molecule has 0 saturated carbocycles. The molecule has 1 heterocycles. The SMILES string of the molecule is CCN(C(=O)N1CCCCC1CCC(=O)O)C(C)C. The van der Waals surface area contributed by atoms with Gasteiger partial charge in [0, 0.05) is 31.6 Å². The number of hydrogen-bond donors (Lipinski definition) is 1. The van der Waals surface area contributed by atoms with Gasteiger partial charge in [0.15, 0.2) is 0 Å². The lowest BCUT2D eigenvalue weighted by Gasteiger charge is -2.40. The van der Waals surface area contributed by atoms with Crippen LogP contribution in [0, 0.1) is 0 Å². The molecule has 110 valence electrons. The zero-order valence-corrected chi connectivity index (χ0v) is 12.3. The number of amides is 2. The number of carboxylic acids is 1. The Hall–Kier alpha value is -1.26. The van der Waals surface area contributed by atoms with Gasteiger partial charge in [0.25, 0.3) is 0 Å². The smallest absolute Gasteiger partial charge is 0.320 e. The normalized spacial score (nSPS) is 19.6. The topological polar surface area (TPSA) is 60.9 Å². The molecule has 5 heteroatoms. The number of carboxylic acid groups (broad SMARTS) is 1. The van der Waals surface area contributed by atoms with Crippen LogP contribution >= 0.6 is 0 Å². The third-order valence-electron chi connectivity index (χ3n) is 3.77. The fourth-order valence-electron chi connectivity index (χ4n) is 2.73. The summed E-state index contributed by atoms with van der Waals surface area (Å²) in [6.07, 6.45) is 3.74. The van der Waals surface area contributed by atoms with Gasteiger partial charge in [0.1, 0.15) is 0 Å². The number of urea groups is 1. The van der Waals surface area contributed by atoms with Gasteiger partial charge < -0.3 is 14.9 Å². The highest BCUT2D eigenvalue weighted by molar-refractivity contribution is 5.75. The molecule has 0 aliphatic carbocycles. The van der Waals surface area contributed by atoms with Crippen molar-refractivity contribution in [2.75, 3.05) is 13.1 Å². The number of aliphatic carboxylic acids is 1. The van der Waals surface area contributed by atoms with E-state index in [0.717, 1.165) is 25.8 Å². The van der Waals surface area contributed by atoms with Crippen molar-refractivity contribution in [3.8, 4) is 0 Å². The van der Waals surface area contributed by atoms with Crippen LogP contribution in [0.1, 0.15) is 52.9 Å². The van der Waals surface area contributed by atoms with E-state index in [1.807, 2.05) is 30.6 Å². The van der Waals surface area contributed by atoms with Crippen LogP contribution < -0.4 is 0 Å². The average Bonchev–Trinajstić information content (AvgIpc) is 2.36. The second-order valence-corrected chi connectivity index (χ2v) is 5.44. The van der Waals surface area contributed by atoms with Gasteiger partial charge >= 0.3 is 12.0 Å². The molecule has 1 aliphatic rings. The van der Waals surface area contributed by atoms with Crippen molar-refractivity contribution in [3.05, 3.63) is 0 Å². The summed E-state index contributed by atoms with van der Waals surface area (Å²) in [6.45, 7) is 7.45. The van der Waals surface area contributed by atoms with E-state index in [1.165, 1.54) is 0 Å². The zero-order valence-electron chi connectivity index (χ0n) is 12.3. The minimum Gasteiger partial charge on any atom is -0.481 e. The Balaban J connectivity index is 2.69. The summed E-state index contributed by atoms with van der Waals surface area (Å²) in [5.74, 6) is -0.783. The summed E-state index contributed by atoms with van der Waals surface area (Å²) in [5.41, 5.74) is 0. The molecule has 0 spiro atoms. The van der Waals surface area contributed by atoms with Gasteiger partial charge in [-0.2, -0.15) is 0 Å². The van der Waals surface area contributed by atoms with Crippen LogP contribution in [0.4, 0.5) is 4.79 Å². The van der Waals surface area contributed by atoms with E-state index in [1.54, 1.807) is 0 Å². The molecule has 1 aliphatic heterocycles. The Morgan fingerprint density at radius 3 is 2.58 bits per heavy atom. The molecular formula is C14H26N2O3. The molecule has 1 atom stereocenters. The molecular weight excluding hydrogens is 244 g/mol.